The standard InChI is InChI=1S/C15H23N3O2/c1-3-12-10-18(6-7-20-12)9-11-4-5-13(15(16)17)14(8-11)19-2/h4-5,8,12H,3,6-7,9-10H2,1-2H3,(H3,16,17). The largest absolute Gasteiger partial charge is 0.496 e. The first kappa shape index (κ1) is 14.8. The molecule has 0 radical (unpaired) electrons. The molecule has 0 aliphatic carbocycles. The summed E-state index contributed by atoms with van der Waals surface area (Å²) in [6.45, 7) is 5.73. The normalized spacial score (nSPS) is 19.8. The molecule has 5 heteroatoms. The monoisotopic (exact) mass is 277 g/mol. The summed E-state index contributed by atoms with van der Waals surface area (Å²) in [6.07, 6.45) is 1.38. The number of nitrogen functional groups attached to an aromatic ring is 1. The first-order valence-corrected chi connectivity index (χ1v) is 6.99. The molecule has 1 atom stereocenters. The van der Waals surface area contributed by atoms with Crippen LogP contribution in [0.25, 0.3) is 0 Å². The summed E-state index contributed by atoms with van der Waals surface area (Å²) in [5, 5.41) is 7.53. The third-order valence-electron chi connectivity index (χ3n) is 3.64. The van der Waals surface area contributed by atoms with Crippen molar-refractivity contribution in [1.29, 1.82) is 5.41 Å². The minimum absolute atomic E-state index is 0.0332. The van der Waals surface area contributed by atoms with E-state index in [0.29, 0.717) is 17.4 Å². The first-order chi connectivity index (χ1) is 9.63. The summed E-state index contributed by atoms with van der Waals surface area (Å²) in [6, 6.07) is 5.83. The van der Waals surface area contributed by atoms with Gasteiger partial charge in [-0.25, -0.2) is 0 Å². The van der Waals surface area contributed by atoms with Gasteiger partial charge in [-0.2, -0.15) is 0 Å². The molecular formula is C15H23N3O2. The summed E-state index contributed by atoms with van der Waals surface area (Å²) in [5.74, 6) is 0.695. The average molecular weight is 277 g/mol. The smallest absolute Gasteiger partial charge is 0.130 e. The van der Waals surface area contributed by atoms with Gasteiger partial charge in [-0.15, -0.1) is 0 Å². The molecule has 20 heavy (non-hydrogen) atoms. The third kappa shape index (κ3) is 3.49. The summed E-state index contributed by atoms with van der Waals surface area (Å²) in [4.78, 5) is 2.39. The van der Waals surface area contributed by atoms with E-state index < -0.39 is 0 Å². The number of nitrogens with two attached hydrogens (primary N) is 1. The van der Waals surface area contributed by atoms with Gasteiger partial charge in [-0.3, -0.25) is 10.3 Å². The molecule has 2 rings (SSSR count). The van der Waals surface area contributed by atoms with Crippen LogP contribution in [0.1, 0.15) is 24.5 Å². The Balaban J connectivity index is 2.07. The third-order valence-corrected chi connectivity index (χ3v) is 3.64. The van der Waals surface area contributed by atoms with Gasteiger partial charge < -0.3 is 15.2 Å². The number of hydrogen-bond donors (Lipinski definition) is 2. The van der Waals surface area contributed by atoms with E-state index in [1.165, 1.54) is 5.56 Å². The molecular weight excluding hydrogens is 254 g/mol. The molecule has 1 saturated heterocycles. The molecule has 1 unspecified atom stereocenters. The van der Waals surface area contributed by atoms with Crippen molar-refractivity contribution in [3.63, 3.8) is 0 Å². The molecule has 1 aromatic carbocycles. The van der Waals surface area contributed by atoms with Crippen LogP contribution in [0.3, 0.4) is 0 Å². The minimum atomic E-state index is 0.0332. The fraction of sp³-hybridized carbons (Fsp3) is 0.533. The Bertz CT molecular complexity index is 476. The molecule has 1 fully saturated rings. The van der Waals surface area contributed by atoms with E-state index in [1.54, 1.807) is 7.11 Å². The molecule has 0 bridgehead atoms. The molecule has 3 N–H and O–H groups in total. The Morgan fingerprint density at radius 2 is 2.35 bits per heavy atom. The van der Waals surface area contributed by atoms with Crippen molar-refractivity contribution in [3.8, 4) is 5.75 Å². The van der Waals surface area contributed by atoms with Crippen LogP contribution >= 0.6 is 0 Å². The number of ether oxygens (including phenoxy) is 2. The van der Waals surface area contributed by atoms with Gasteiger partial charge in [0.05, 0.1) is 25.4 Å². The van der Waals surface area contributed by atoms with Gasteiger partial charge in [0.25, 0.3) is 0 Å². The van der Waals surface area contributed by atoms with Crippen LogP contribution < -0.4 is 10.5 Å². The molecule has 1 aliphatic rings. The van der Waals surface area contributed by atoms with E-state index in [1.807, 2.05) is 18.2 Å². The molecule has 5 nitrogen and oxygen atoms in total. The highest BCUT2D eigenvalue weighted by Gasteiger charge is 2.19. The molecule has 1 heterocycles. The number of hydrogen-bond acceptors (Lipinski definition) is 4. The zero-order chi connectivity index (χ0) is 14.5. The number of amidine groups is 1. The van der Waals surface area contributed by atoms with Crippen molar-refractivity contribution in [2.75, 3.05) is 26.8 Å². The van der Waals surface area contributed by atoms with Crippen LogP contribution in [0.4, 0.5) is 0 Å². The van der Waals surface area contributed by atoms with E-state index in [2.05, 4.69) is 11.8 Å². The summed E-state index contributed by atoms with van der Waals surface area (Å²) in [5.41, 5.74) is 7.35. The fourth-order valence-corrected chi connectivity index (χ4v) is 2.49. The number of morpholine rings is 1. The molecule has 110 valence electrons. The lowest BCUT2D eigenvalue weighted by molar-refractivity contribution is -0.0324. The summed E-state index contributed by atoms with van der Waals surface area (Å²) < 4.78 is 11.0. The van der Waals surface area contributed by atoms with Gasteiger partial charge >= 0.3 is 0 Å². The van der Waals surface area contributed by atoms with Crippen molar-refractivity contribution in [2.45, 2.75) is 26.0 Å². The van der Waals surface area contributed by atoms with E-state index in [0.717, 1.165) is 32.7 Å². The van der Waals surface area contributed by atoms with Gasteiger partial charge in [0.15, 0.2) is 0 Å². The Kier molecular flexibility index (Phi) is 4.98. The lowest BCUT2D eigenvalue weighted by Gasteiger charge is -2.32. The van der Waals surface area contributed by atoms with Crippen LogP contribution in [0, 0.1) is 5.41 Å². The topological polar surface area (TPSA) is 71.6 Å². The maximum atomic E-state index is 7.53. The van der Waals surface area contributed by atoms with Gasteiger partial charge in [-0.05, 0) is 24.1 Å². The number of nitrogens with one attached hydrogen (secondary N) is 1. The van der Waals surface area contributed by atoms with E-state index in [4.69, 9.17) is 20.6 Å². The SMILES string of the molecule is CCC1CN(Cc2ccc(C(=N)N)c(OC)c2)CCO1. The first-order valence-electron chi connectivity index (χ1n) is 6.99. The summed E-state index contributed by atoms with van der Waals surface area (Å²) >= 11 is 0. The zero-order valence-corrected chi connectivity index (χ0v) is 12.2. The van der Waals surface area contributed by atoms with E-state index in [-0.39, 0.29) is 5.84 Å². The second-order valence-electron chi connectivity index (χ2n) is 5.08. The van der Waals surface area contributed by atoms with Crippen molar-refractivity contribution in [2.24, 2.45) is 5.73 Å². The van der Waals surface area contributed by atoms with Gasteiger partial charge in [-0.1, -0.05) is 13.0 Å². The van der Waals surface area contributed by atoms with Crippen molar-refractivity contribution in [3.05, 3.63) is 29.3 Å². The van der Waals surface area contributed by atoms with Crippen LogP contribution in [-0.4, -0.2) is 43.6 Å². The van der Waals surface area contributed by atoms with Gasteiger partial charge in [0.2, 0.25) is 0 Å². The maximum absolute atomic E-state index is 7.53. The molecule has 1 aromatic rings. The van der Waals surface area contributed by atoms with Crippen LogP contribution in [-0.2, 0) is 11.3 Å². The highest BCUT2D eigenvalue weighted by atomic mass is 16.5. The quantitative estimate of drug-likeness (QED) is 0.633. The average Bonchev–Trinajstić information content (AvgIpc) is 2.47. The van der Waals surface area contributed by atoms with E-state index in [9.17, 15) is 0 Å². The number of nitrogens with zero attached hydrogens (tertiary/aromatic N) is 1. The fourth-order valence-electron chi connectivity index (χ4n) is 2.49. The van der Waals surface area contributed by atoms with Crippen molar-refractivity contribution < 1.29 is 9.47 Å². The maximum Gasteiger partial charge on any atom is 0.130 e. The van der Waals surface area contributed by atoms with Gasteiger partial charge in [0, 0.05) is 19.6 Å². The number of methoxy groups -OCH3 is 1. The molecule has 0 saturated carbocycles. The van der Waals surface area contributed by atoms with E-state index >= 15 is 0 Å². The van der Waals surface area contributed by atoms with Crippen LogP contribution in [0.15, 0.2) is 18.2 Å². The van der Waals surface area contributed by atoms with Crippen molar-refractivity contribution >= 4 is 5.84 Å². The van der Waals surface area contributed by atoms with Gasteiger partial charge in [0.1, 0.15) is 11.6 Å². The zero-order valence-electron chi connectivity index (χ0n) is 12.2. The number of rotatable bonds is 5. The molecule has 0 amide bonds. The summed E-state index contributed by atoms with van der Waals surface area (Å²) in [7, 11) is 1.60. The minimum Gasteiger partial charge on any atom is -0.496 e. The molecule has 0 aromatic heterocycles. The van der Waals surface area contributed by atoms with Crippen LogP contribution in [0.5, 0.6) is 5.75 Å². The highest BCUT2D eigenvalue weighted by Crippen LogP contribution is 2.21. The van der Waals surface area contributed by atoms with Crippen molar-refractivity contribution in [1.82, 2.24) is 4.90 Å². The Morgan fingerprint density at radius 3 is 3.00 bits per heavy atom. The second-order valence-corrected chi connectivity index (χ2v) is 5.08. The Morgan fingerprint density at radius 1 is 1.55 bits per heavy atom. The Labute approximate surface area is 120 Å². The predicted octanol–water partition coefficient (Wildman–Crippen LogP) is 1.59. The predicted molar refractivity (Wildman–Crippen MR) is 79.3 cm³/mol. The lowest BCUT2D eigenvalue weighted by Crippen LogP contribution is -2.41. The molecule has 0 spiro atoms. The highest BCUT2D eigenvalue weighted by molar-refractivity contribution is 5.97. The Hall–Kier alpha value is -1.59. The van der Waals surface area contributed by atoms with Crippen LogP contribution in [0.2, 0.25) is 0 Å². The second kappa shape index (κ2) is 6.72. The lowest BCUT2D eigenvalue weighted by atomic mass is 10.1. The molecule has 1 aliphatic heterocycles. The number of benzene rings is 1.